The predicted molar refractivity (Wildman–Crippen MR) is 106 cm³/mol. The van der Waals surface area contributed by atoms with Crippen molar-refractivity contribution in [3.8, 4) is 11.8 Å². The molecule has 1 aromatic carbocycles. The van der Waals surface area contributed by atoms with E-state index >= 15 is 0 Å². The predicted octanol–water partition coefficient (Wildman–Crippen LogP) is 2.65. The largest absolute Gasteiger partial charge is 0.351 e. The number of aliphatic imine (C=N–C) groups is 1. The lowest BCUT2D eigenvalue weighted by molar-refractivity contribution is 0.723. The van der Waals surface area contributed by atoms with Crippen LogP contribution in [0.5, 0.6) is 0 Å². The summed E-state index contributed by atoms with van der Waals surface area (Å²) in [5.41, 5.74) is 2.16. The summed E-state index contributed by atoms with van der Waals surface area (Å²) < 4.78 is 1.80. The molecule has 0 spiro atoms. The zero-order chi connectivity index (χ0) is 16.6. The Hall–Kier alpha value is -2.26. The number of aromatic nitrogens is 2. The molecule has 1 fully saturated rings. The molecule has 1 aliphatic rings. The molecular weight excluding hydrogens is 378 g/mol. The summed E-state index contributed by atoms with van der Waals surface area (Å²) in [5.74, 6) is 7.81. The molecule has 0 amide bonds. The molecule has 1 heterocycles. The number of nitrogens with zero attached hydrogens (tertiary/aromatic N) is 3. The first-order valence-corrected chi connectivity index (χ1v) is 8.32. The van der Waals surface area contributed by atoms with Gasteiger partial charge in [0.15, 0.2) is 5.96 Å². The van der Waals surface area contributed by atoms with Crippen molar-refractivity contribution < 1.29 is 0 Å². The molecule has 0 atom stereocenters. The summed E-state index contributed by atoms with van der Waals surface area (Å²) in [7, 11) is 1.92. The molecule has 1 aliphatic carbocycles. The molecule has 2 aromatic rings. The van der Waals surface area contributed by atoms with E-state index in [9.17, 15) is 0 Å². The second-order valence-corrected chi connectivity index (χ2v) is 5.93. The van der Waals surface area contributed by atoms with Crippen LogP contribution >= 0.6 is 17.0 Å². The Bertz CT molecular complexity index is 738. The third-order valence-electron chi connectivity index (χ3n) is 3.70. The Kier molecular flexibility index (Phi) is 7.55. The van der Waals surface area contributed by atoms with Gasteiger partial charge in [0.1, 0.15) is 0 Å². The third-order valence-corrected chi connectivity index (χ3v) is 3.70. The van der Waals surface area contributed by atoms with Gasteiger partial charge in [-0.15, -0.1) is 17.0 Å². The first kappa shape index (κ1) is 19.1. The number of aryl methyl sites for hydroxylation is 1. The smallest absolute Gasteiger partial charge is 0.192 e. The summed E-state index contributed by atoms with van der Waals surface area (Å²) in [6.07, 6.45) is 4.44. The van der Waals surface area contributed by atoms with E-state index in [0.29, 0.717) is 25.6 Å². The van der Waals surface area contributed by atoms with E-state index in [-0.39, 0.29) is 17.0 Å². The van der Waals surface area contributed by atoms with Crippen molar-refractivity contribution in [2.75, 3.05) is 6.54 Å². The van der Waals surface area contributed by atoms with Crippen LogP contribution < -0.4 is 10.6 Å². The summed E-state index contributed by atoms with van der Waals surface area (Å²) in [6.45, 7) is 1.88. The highest BCUT2D eigenvalue weighted by atomic mass is 79.9. The minimum absolute atomic E-state index is 0. The van der Waals surface area contributed by atoms with Gasteiger partial charge in [0.05, 0.1) is 25.3 Å². The minimum Gasteiger partial charge on any atom is -0.351 e. The van der Waals surface area contributed by atoms with Crippen LogP contribution in [0.3, 0.4) is 0 Å². The highest BCUT2D eigenvalue weighted by molar-refractivity contribution is 8.93. The molecule has 25 heavy (non-hydrogen) atoms. The first-order chi connectivity index (χ1) is 11.8. The maximum absolute atomic E-state index is 4.64. The van der Waals surface area contributed by atoms with E-state index in [4.69, 9.17) is 0 Å². The van der Waals surface area contributed by atoms with Crippen LogP contribution in [-0.4, -0.2) is 22.3 Å². The van der Waals surface area contributed by atoms with Crippen LogP contribution in [0.4, 0.5) is 0 Å². The second-order valence-electron chi connectivity index (χ2n) is 5.93. The molecule has 0 aliphatic heterocycles. The van der Waals surface area contributed by atoms with Gasteiger partial charge < -0.3 is 10.6 Å². The SMILES string of the molecule is Br.Cn1ccc(CNC(=NCc2ccccc2)NCC#CC2CC2)n1. The molecular formula is C19H24BrN5. The fourth-order valence-corrected chi connectivity index (χ4v) is 2.21. The fourth-order valence-electron chi connectivity index (χ4n) is 2.21. The van der Waals surface area contributed by atoms with E-state index in [2.05, 4.69) is 44.7 Å². The van der Waals surface area contributed by atoms with Crippen LogP contribution in [0.15, 0.2) is 47.6 Å². The Labute approximate surface area is 159 Å². The lowest BCUT2D eigenvalue weighted by Gasteiger charge is -2.10. The van der Waals surface area contributed by atoms with Crippen molar-refractivity contribution >= 4 is 22.9 Å². The van der Waals surface area contributed by atoms with Crippen molar-refractivity contribution in [2.24, 2.45) is 18.0 Å². The first-order valence-electron chi connectivity index (χ1n) is 8.32. The highest BCUT2D eigenvalue weighted by Gasteiger charge is 2.17. The zero-order valence-corrected chi connectivity index (χ0v) is 16.1. The summed E-state index contributed by atoms with van der Waals surface area (Å²) in [4.78, 5) is 4.64. The molecule has 5 nitrogen and oxygen atoms in total. The van der Waals surface area contributed by atoms with Crippen molar-refractivity contribution in [3.63, 3.8) is 0 Å². The van der Waals surface area contributed by atoms with Crippen LogP contribution in [0.2, 0.25) is 0 Å². The van der Waals surface area contributed by atoms with E-state index in [0.717, 1.165) is 11.7 Å². The maximum atomic E-state index is 4.64. The van der Waals surface area contributed by atoms with Crippen molar-refractivity contribution in [3.05, 3.63) is 53.9 Å². The molecule has 0 bridgehead atoms. The lowest BCUT2D eigenvalue weighted by Crippen LogP contribution is -2.37. The normalized spacial score (nSPS) is 13.4. The van der Waals surface area contributed by atoms with Gasteiger partial charge in [-0.05, 0) is 24.5 Å². The summed E-state index contributed by atoms with van der Waals surface area (Å²) >= 11 is 0. The summed E-state index contributed by atoms with van der Waals surface area (Å²) in [6, 6.07) is 12.2. The molecule has 6 heteroatoms. The van der Waals surface area contributed by atoms with E-state index in [1.165, 1.54) is 18.4 Å². The number of hydrogen-bond donors (Lipinski definition) is 2. The minimum atomic E-state index is 0. The van der Waals surface area contributed by atoms with Gasteiger partial charge in [0, 0.05) is 19.2 Å². The standard InChI is InChI=1S/C19H23N5.BrH/c1-24-13-11-18(23-24)15-22-19(20-12-5-8-16-9-10-16)21-14-17-6-3-2-4-7-17;/h2-4,6-7,11,13,16H,9-10,12,14-15H2,1H3,(H2,20,21,22);1H. The third kappa shape index (κ3) is 7.02. The van der Waals surface area contributed by atoms with Gasteiger partial charge in [-0.25, -0.2) is 4.99 Å². The molecule has 132 valence electrons. The number of benzene rings is 1. The van der Waals surface area contributed by atoms with Gasteiger partial charge in [0.25, 0.3) is 0 Å². The maximum Gasteiger partial charge on any atom is 0.192 e. The van der Waals surface area contributed by atoms with Gasteiger partial charge >= 0.3 is 0 Å². The van der Waals surface area contributed by atoms with Crippen LogP contribution in [0.1, 0.15) is 24.1 Å². The van der Waals surface area contributed by atoms with Crippen molar-refractivity contribution in [1.29, 1.82) is 0 Å². The molecule has 0 unspecified atom stereocenters. The van der Waals surface area contributed by atoms with E-state index < -0.39 is 0 Å². The quantitative estimate of drug-likeness (QED) is 0.459. The second kappa shape index (κ2) is 9.90. The Morgan fingerprint density at radius 3 is 2.72 bits per heavy atom. The van der Waals surface area contributed by atoms with Gasteiger partial charge in [-0.1, -0.05) is 42.2 Å². The highest BCUT2D eigenvalue weighted by Crippen LogP contribution is 2.27. The van der Waals surface area contributed by atoms with Crippen LogP contribution in [0.25, 0.3) is 0 Å². The fraction of sp³-hybridized carbons (Fsp3) is 0.368. The number of hydrogen-bond acceptors (Lipinski definition) is 2. The monoisotopic (exact) mass is 401 g/mol. The molecule has 0 radical (unpaired) electrons. The van der Waals surface area contributed by atoms with E-state index in [1.807, 2.05) is 37.5 Å². The topological polar surface area (TPSA) is 54.2 Å². The molecule has 0 saturated heterocycles. The molecule has 3 rings (SSSR count). The number of nitrogens with one attached hydrogen (secondary N) is 2. The Balaban J connectivity index is 0.00000225. The Morgan fingerprint density at radius 2 is 2.04 bits per heavy atom. The number of halogens is 1. The van der Waals surface area contributed by atoms with Crippen molar-refractivity contribution in [2.45, 2.75) is 25.9 Å². The number of guanidine groups is 1. The van der Waals surface area contributed by atoms with Gasteiger partial charge in [0.2, 0.25) is 0 Å². The van der Waals surface area contributed by atoms with Crippen molar-refractivity contribution in [1.82, 2.24) is 20.4 Å². The average Bonchev–Trinajstić information content (AvgIpc) is 3.34. The zero-order valence-electron chi connectivity index (χ0n) is 14.4. The molecule has 1 saturated carbocycles. The van der Waals surface area contributed by atoms with Crippen LogP contribution in [-0.2, 0) is 20.1 Å². The average molecular weight is 402 g/mol. The Morgan fingerprint density at radius 1 is 1.24 bits per heavy atom. The number of rotatable bonds is 5. The summed E-state index contributed by atoms with van der Waals surface area (Å²) in [5, 5.41) is 11.0. The lowest BCUT2D eigenvalue weighted by atomic mass is 10.2. The van der Waals surface area contributed by atoms with Gasteiger partial charge in [-0.2, -0.15) is 5.10 Å². The van der Waals surface area contributed by atoms with Gasteiger partial charge in [-0.3, -0.25) is 4.68 Å². The van der Waals surface area contributed by atoms with Crippen LogP contribution in [0, 0.1) is 17.8 Å². The van der Waals surface area contributed by atoms with E-state index in [1.54, 1.807) is 4.68 Å². The molecule has 2 N–H and O–H groups in total. The molecule has 1 aromatic heterocycles.